The van der Waals surface area contributed by atoms with Gasteiger partial charge in [-0.3, -0.25) is 9.80 Å². The maximum absolute atomic E-state index is 13.1. The number of halogens is 1. The number of ether oxygens (including phenoxy) is 2. The molecule has 280 valence electrons. The first-order valence-corrected chi connectivity index (χ1v) is 19.6. The van der Waals surface area contributed by atoms with Crippen LogP contribution in [0.5, 0.6) is 11.5 Å². The van der Waals surface area contributed by atoms with Gasteiger partial charge < -0.3 is 19.4 Å². The fourth-order valence-electron chi connectivity index (χ4n) is 8.10. The van der Waals surface area contributed by atoms with Gasteiger partial charge in [-0.05, 0) is 135 Å². The molecule has 4 heterocycles. The van der Waals surface area contributed by atoms with Crippen molar-refractivity contribution in [2.75, 3.05) is 40.4 Å². The van der Waals surface area contributed by atoms with E-state index < -0.39 is 0 Å². The van der Waals surface area contributed by atoms with Gasteiger partial charge in [0.15, 0.2) is 0 Å². The number of nitrogens with one attached hydrogen (secondary N) is 2. The number of rotatable bonds is 12. The number of benzene rings is 4. The second-order valence-corrected chi connectivity index (χ2v) is 14.1. The molecular weight excluding hydrogens is 660 g/mol. The summed E-state index contributed by atoms with van der Waals surface area (Å²) in [5.41, 5.74) is 7.77. The maximum Gasteiger partial charge on any atom is 0.123 e. The molecule has 2 atom stereocenters. The number of aromatic nitrogens is 2. The molecular formula is C46H57FN4O2. The third-order valence-corrected chi connectivity index (χ3v) is 11.0. The van der Waals surface area contributed by atoms with E-state index in [9.17, 15) is 4.39 Å². The molecule has 0 spiro atoms. The second kappa shape index (κ2) is 18.9. The third kappa shape index (κ3) is 9.89. The highest BCUT2D eigenvalue weighted by atomic mass is 19.1. The van der Waals surface area contributed by atoms with Gasteiger partial charge in [0.1, 0.15) is 17.3 Å². The summed E-state index contributed by atoms with van der Waals surface area (Å²) in [6.45, 7) is 8.56. The Hall–Kier alpha value is -4.59. The minimum absolute atomic E-state index is 0.164. The van der Waals surface area contributed by atoms with Crippen LogP contribution < -0.4 is 9.47 Å². The molecule has 0 saturated carbocycles. The lowest BCUT2D eigenvalue weighted by Crippen LogP contribution is -2.32. The Morgan fingerprint density at radius 1 is 0.623 bits per heavy atom. The van der Waals surface area contributed by atoms with Gasteiger partial charge in [0.25, 0.3) is 0 Å². The highest BCUT2D eigenvalue weighted by Crippen LogP contribution is 2.30. The Balaban J connectivity index is 0.000000173. The highest BCUT2D eigenvalue weighted by Gasteiger charge is 2.26. The summed E-state index contributed by atoms with van der Waals surface area (Å²) in [5.74, 6) is 1.67. The summed E-state index contributed by atoms with van der Waals surface area (Å²) in [5, 5.41) is 2.56. The van der Waals surface area contributed by atoms with Gasteiger partial charge in [0.05, 0.1) is 14.2 Å². The first-order chi connectivity index (χ1) is 26.1. The van der Waals surface area contributed by atoms with Crippen LogP contribution >= 0.6 is 0 Å². The van der Waals surface area contributed by atoms with E-state index >= 15 is 0 Å². The molecule has 4 aromatic carbocycles. The minimum Gasteiger partial charge on any atom is -0.497 e. The summed E-state index contributed by atoms with van der Waals surface area (Å²) < 4.78 is 23.8. The van der Waals surface area contributed by atoms with Crippen LogP contribution in [-0.2, 0) is 25.7 Å². The topological polar surface area (TPSA) is 56.5 Å². The number of aromatic amines is 2. The lowest BCUT2D eigenvalue weighted by atomic mass is 10.0. The monoisotopic (exact) mass is 716 g/mol. The Bertz CT molecular complexity index is 1990. The highest BCUT2D eigenvalue weighted by molar-refractivity contribution is 5.85. The predicted molar refractivity (Wildman–Crippen MR) is 218 cm³/mol. The van der Waals surface area contributed by atoms with E-state index in [0.717, 1.165) is 62.3 Å². The molecule has 2 saturated heterocycles. The predicted octanol–water partition coefficient (Wildman–Crippen LogP) is 10.0. The standard InChI is InChI=1S/C22H25FN2O.C22H26N2O.C2H6/c1-26-20-8-9-22-21(14-20)17(15-24-22)13-19-3-2-11-25(19)12-10-16-4-6-18(23)7-5-16;1-25-20-9-10-22-21(15-20)18(16-23-22)14-19-8-5-12-24(19)13-11-17-6-3-2-4-7-17;1-2/h4-9,14-15,19,24H,2-3,10-13H2,1H3;2-4,6-7,9-10,15-16,19,23H,5,8,11-14H2,1H3;1-2H3/t19-;;/m1../s1. The van der Waals surface area contributed by atoms with Crippen LogP contribution in [0.3, 0.4) is 0 Å². The van der Waals surface area contributed by atoms with E-state index in [-0.39, 0.29) is 5.82 Å². The van der Waals surface area contributed by atoms with Crippen LogP contribution in [0, 0.1) is 5.82 Å². The fraction of sp³-hybridized carbons (Fsp3) is 0.391. The number of hydrogen-bond donors (Lipinski definition) is 2. The Labute approximate surface area is 315 Å². The van der Waals surface area contributed by atoms with Gasteiger partial charge in [-0.2, -0.15) is 0 Å². The van der Waals surface area contributed by atoms with Crippen LogP contribution in [-0.4, -0.2) is 72.3 Å². The van der Waals surface area contributed by atoms with Crippen molar-refractivity contribution in [3.63, 3.8) is 0 Å². The molecule has 7 heteroatoms. The smallest absolute Gasteiger partial charge is 0.123 e. The van der Waals surface area contributed by atoms with Gasteiger partial charge in [-0.25, -0.2) is 4.39 Å². The first-order valence-electron chi connectivity index (χ1n) is 19.6. The van der Waals surface area contributed by atoms with Crippen LogP contribution in [0.2, 0.25) is 0 Å². The van der Waals surface area contributed by atoms with Crippen molar-refractivity contribution >= 4 is 21.8 Å². The summed E-state index contributed by atoms with van der Waals surface area (Å²) in [6, 6.07) is 31.4. The molecule has 2 N–H and O–H groups in total. The molecule has 0 radical (unpaired) electrons. The summed E-state index contributed by atoms with van der Waals surface area (Å²) in [7, 11) is 3.44. The van der Waals surface area contributed by atoms with Crippen LogP contribution in [0.1, 0.15) is 61.8 Å². The van der Waals surface area contributed by atoms with Gasteiger partial charge >= 0.3 is 0 Å². The Morgan fingerprint density at radius 3 is 1.57 bits per heavy atom. The fourth-order valence-corrected chi connectivity index (χ4v) is 8.10. The van der Waals surface area contributed by atoms with E-state index in [1.807, 2.05) is 38.1 Å². The van der Waals surface area contributed by atoms with Crippen LogP contribution in [0.4, 0.5) is 4.39 Å². The van der Waals surface area contributed by atoms with Gasteiger partial charge in [0.2, 0.25) is 0 Å². The molecule has 0 aliphatic carbocycles. The average molecular weight is 717 g/mol. The maximum atomic E-state index is 13.1. The molecule has 2 fully saturated rings. The number of methoxy groups -OCH3 is 2. The number of H-pyrrole nitrogens is 2. The molecule has 2 aromatic heterocycles. The van der Waals surface area contributed by atoms with E-state index in [1.165, 1.54) is 70.8 Å². The summed E-state index contributed by atoms with van der Waals surface area (Å²) >= 11 is 0. The summed E-state index contributed by atoms with van der Waals surface area (Å²) in [6.07, 6.45) is 13.7. The van der Waals surface area contributed by atoms with Gasteiger partial charge in [-0.1, -0.05) is 56.3 Å². The second-order valence-electron chi connectivity index (χ2n) is 14.1. The average Bonchev–Trinajstić information content (AvgIpc) is 4.03. The molecule has 0 amide bonds. The van der Waals surface area contributed by atoms with Crippen LogP contribution in [0.15, 0.2) is 103 Å². The molecule has 6 aromatic rings. The quantitative estimate of drug-likeness (QED) is 0.132. The molecule has 53 heavy (non-hydrogen) atoms. The largest absolute Gasteiger partial charge is 0.497 e. The van der Waals surface area contributed by atoms with Gasteiger partial charge in [-0.15, -0.1) is 0 Å². The van der Waals surface area contributed by atoms with E-state index in [0.29, 0.717) is 12.1 Å². The van der Waals surface area contributed by atoms with E-state index in [1.54, 1.807) is 26.4 Å². The van der Waals surface area contributed by atoms with Crippen molar-refractivity contribution in [1.29, 1.82) is 0 Å². The SMILES string of the molecule is CC.COc1ccc2[nH]cc(CC3CCCN3CCc3ccccc3)c2c1.COc1ccc2[nH]cc(C[C@H]3CCCN3CCc3ccc(F)cc3)c2c1. The Morgan fingerprint density at radius 2 is 1.09 bits per heavy atom. The minimum atomic E-state index is -0.164. The molecule has 2 aliphatic rings. The molecule has 8 rings (SSSR count). The summed E-state index contributed by atoms with van der Waals surface area (Å²) in [4.78, 5) is 12.1. The molecule has 2 aliphatic heterocycles. The lowest BCUT2D eigenvalue weighted by Gasteiger charge is -2.24. The van der Waals surface area contributed by atoms with Crippen molar-refractivity contribution < 1.29 is 13.9 Å². The van der Waals surface area contributed by atoms with Crippen molar-refractivity contribution in [2.45, 2.75) is 77.3 Å². The third-order valence-electron chi connectivity index (χ3n) is 11.0. The first kappa shape index (κ1) is 38.1. The van der Waals surface area contributed by atoms with E-state index in [2.05, 4.69) is 86.8 Å². The lowest BCUT2D eigenvalue weighted by molar-refractivity contribution is 0.256. The number of hydrogen-bond acceptors (Lipinski definition) is 4. The molecule has 6 nitrogen and oxygen atoms in total. The molecule has 0 bridgehead atoms. The molecule has 1 unspecified atom stereocenters. The zero-order valence-electron chi connectivity index (χ0n) is 32.0. The van der Waals surface area contributed by atoms with Crippen molar-refractivity contribution in [2.24, 2.45) is 0 Å². The number of fused-ring (bicyclic) bond motifs is 2. The zero-order chi connectivity index (χ0) is 37.0. The normalized spacial score (nSPS) is 17.4. The van der Waals surface area contributed by atoms with Crippen molar-refractivity contribution in [3.8, 4) is 11.5 Å². The van der Waals surface area contributed by atoms with Crippen molar-refractivity contribution in [3.05, 3.63) is 131 Å². The zero-order valence-corrected chi connectivity index (χ0v) is 32.0. The van der Waals surface area contributed by atoms with Gasteiger partial charge in [0, 0.05) is 59.4 Å². The number of nitrogens with zero attached hydrogens (tertiary/aromatic N) is 2. The number of likely N-dealkylation sites (tertiary alicyclic amines) is 2. The Kier molecular flexibility index (Phi) is 13.6. The van der Waals surface area contributed by atoms with Crippen molar-refractivity contribution in [1.82, 2.24) is 19.8 Å². The van der Waals surface area contributed by atoms with Crippen LogP contribution in [0.25, 0.3) is 21.8 Å². The van der Waals surface area contributed by atoms with E-state index in [4.69, 9.17) is 9.47 Å².